The topological polar surface area (TPSA) is 179 Å². The molecule has 47 heavy (non-hydrogen) atoms. The molecular weight excluding hydrogens is 624 g/mol. The number of amides is 3. The number of pyridine rings is 1. The summed E-state index contributed by atoms with van der Waals surface area (Å²) in [5.41, 5.74) is 3.93. The van der Waals surface area contributed by atoms with Crippen molar-refractivity contribution in [1.29, 1.82) is 0 Å². The minimum absolute atomic E-state index is 0.00443. The van der Waals surface area contributed by atoms with E-state index in [0.29, 0.717) is 36.5 Å². The number of carboxylic acids is 1. The number of carbonyl (C=O) groups excluding carboxylic acids is 2. The Balaban J connectivity index is 1.33. The second-order valence-corrected chi connectivity index (χ2v) is 13.4. The minimum Gasteiger partial charge on any atom is -0.480 e. The highest BCUT2D eigenvalue weighted by molar-refractivity contribution is 7.89. The van der Waals surface area contributed by atoms with E-state index in [4.69, 9.17) is 4.74 Å². The van der Waals surface area contributed by atoms with Crippen LogP contribution in [-0.4, -0.2) is 85.7 Å². The molecule has 2 heterocycles. The lowest BCUT2D eigenvalue weighted by Crippen LogP contribution is -2.49. The van der Waals surface area contributed by atoms with E-state index in [1.165, 1.54) is 0 Å². The van der Waals surface area contributed by atoms with Crippen LogP contribution in [0.15, 0.2) is 65.7 Å². The van der Waals surface area contributed by atoms with Gasteiger partial charge in [-0.05, 0) is 62.9 Å². The van der Waals surface area contributed by atoms with Crippen molar-refractivity contribution in [2.24, 2.45) is 0 Å². The minimum atomic E-state index is -4.19. The van der Waals surface area contributed by atoms with Gasteiger partial charge in [0.05, 0.1) is 17.0 Å². The van der Waals surface area contributed by atoms with Crippen LogP contribution < -0.4 is 20.7 Å². The van der Waals surface area contributed by atoms with E-state index in [1.54, 1.807) is 43.1 Å². The van der Waals surface area contributed by atoms with Crippen LogP contribution in [0, 0.1) is 27.7 Å². The number of rotatable bonds is 14. The number of nitrogens with zero attached hydrogens (tertiary/aromatic N) is 2. The Kier molecular flexibility index (Phi) is 11.9. The number of nitrogens with one attached hydrogen (secondary N) is 4. The van der Waals surface area contributed by atoms with Gasteiger partial charge in [-0.3, -0.25) is 9.59 Å². The van der Waals surface area contributed by atoms with Crippen LogP contribution in [-0.2, 0) is 30.9 Å². The van der Waals surface area contributed by atoms with Gasteiger partial charge in [-0.1, -0.05) is 53.6 Å². The fourth-order valence-corrected chi connectivity index (χ4v) is 7.23. The second kappa shape index (κ2) is 15.8. The Labute approximate surface area is 275 Å². The lowest BCUT2D eigenvalue weighted by Gasteiger charge is -2.25. The number of hydrogen-bond donors (Lipinski definition) is 5. The Morgan fingerprint density at radius 3 is 2.34 bits per heavy atom. The Bertz CT molecular complexity index is 1650. The molecule has 0 saturated carbocycles. The van der Waals surface area contributed by atoms with E-state index in [-0.39, 0.29) is 23.5 Å². The zero-order chi connectivity index (χ0) is 34.1. The highest BCUT2D eigenvalue weighted by Crippen LogP contribution is 2.23. The van der Waals surface area contributed by atoms with Gasteiger partial charge in [0.15, 0.2) is 0 Å². The predicted octanol–water partition coefficient (Wildman–Crippen LogP) is 2.64. The number of benzene rings is 2. The van der Waals surface area contributed by atoms with Crippen LogP contribution in [0.5, 0.6) is 0 Å². The van der Waals surface area contributed by atoms with Crippen LogP contribution in [0.4, 0.5) is 10.6 Å². The standard InChI is InChI=1S/C33H42N6O7S/c1-21-8-10-25(11-9-21)16-37-33(43)39-19-27(15-26(39)17-35-29-7-5-6-12-34-29)46-20-30(40)36-18-28(32(41)42)38-47(44,45)31-23(3)13-22(2)14-24(31)4/h5-14,26-28,38H,15-20H2,1-4H3,(H,34,35)(H,36,40)(H,37,43)(H,41,42)/t26-,27+,28-/m0/s1. The summed E-state index contributed by atoms with van der Waals surface area (Å²) >= 11 is 0. The molecule has 1 aliphatic heterocycles. The quantitative estimate of drug-likeness (QED) is 0.173. The number of carbonyl (C=O) groups is 3. The van der Waals surface area contributed by atoms with Crippen molar-refractivity contribution in [1.82, 2.24) is 25.2 Å². The summed E-state index contributed by atoms with van der Waals surface area (Å²) < 4.78 is 34.2. The molecule has 0 radical (unpaired) electrons. The van der Waals surface area contributed by atoms with Gasteiger partial charge in [-0.2, -0.15) is 4.72 Å². The molecule has 13 nitrogen and oxygen atoms in total. The van der Waals surface area contributed by atoms with Gasteiger partial charge in [-0.15, -0.1) is 0 Å². The average Bonchev–Trinajstić information content (AvgIpc) is 3.43. The fraction of sp³-hybridized carbons (Fsp3) is 0.394. The first kappa shape index (κ1) is 35.3. The molecule has 4 rings (SSSR count). The average molecular weight is 667 g/mol. The van der Waals surface area contributed by atoms with Crippen LogP contribution in [0.1, 0.15) is 34.2 Å². The fourth-order valence-electron chi connectivity index (χ4n) is 5.59. The van der Waals surface area contributed by atoms with Crippen molar-refractivity contribution >= 4 is 33.7 Å². The first-order valence-electron chi connectivity index (χ1n) is 15.3. The summed E-state index contributed by atoms with van der Waals surface area (Å²) in [6.07, 6.45) is 1.64. The first-order chi connectivity index (χ1) is 22.3. The van der Waals surface area contributed by atoms with Gasteiger partial charge in [-0.25, -0.2) is 18.2 Å². The largest absolute Gasteiger partial charge is 0.480 e. The molecule has 0 bridgehead atoms. The summed E-state index contributed by atoms with van der Waals surface area (Å²) in [5, 5.41) is 18.3. The van der Waals surface area contributed by atoms with Crippen molar-refractivity contribution in [3.63, 3.8) is 0 Å². The van der Waals surface area contributed by atoms with E-state index in [0.717, 1.165) is 16.7 Å². The first-order valence-corrected chi connectivity index (χ1v) is 16.8. The molecule has 3 aromatic rings. The molecule has 1 aromatic heterocycles. The zero-order valence-corrected chi connectivity index (χ0v) is 27.8. The maximum absolute atomic E-state index is 13.2. The lowest BCUT2D eigenvalue weighted by molar-refractivity contribution is -0.139. The number of aryl methyl sites for hydroxylation is 4. The van der Waals surface area contributed by atoms with Crippen LogP contribution in [0.25, 0.3) is 0 Å². The van der Waals surface area contributed by atoms with Crippen LogP contribution >= 0.6 is 0 Å². The third-order valence-corrected chi connectivity index (χ3v) is 9.58. The molecule has 1 fully saturated rings. The molecule has 0 aliphatic carbocycles. The van der Waals surface area contributed by atoms with Gasteiger partial charge >= 0.3 is 12.0 Å². The number of carboxylic acid groups (broad SMARTS) is 1. The number of anilines is 1. The Morgan fingerprint density at radius 2 is 1.70 bits per heavy atom. The van der Waals surface area contributed by atoms with Gasteiger partial charge < -0.3 is 30.7 Å². The summed E-state index contributed by atoms with van der Waals surface area (Å²) in [6, 6.07) is 14.6. The maximum Gasteiger partial charge on any atom is 0.323 e. The summed E-state index contributed by atoms with van der Waals surface area (Å²) in [5.74, 6) is -1.40. The second-order valence-electron chi connectivity index (χ2n) is 11.8. The van der Waals surface area contributed by atoms with Gasteiger partial charge in [0.25, 0.3) is 0 Å². The van der Waals surface area contributed by atoms with Crippen molar-refractivity contribution < 1.29 is 32.6 Å². The van der Waals surface area contributed by atoms with Crippen molar-refractivity contribution in [3.8, 4) is 0 Å². The van der Waals surface area contributed by atoms with Gasteiger partial charge in [0.2, 0.25) is 15.9 Å². The van der Waals surface area contributed by atoms with E-state index in [1.807, 2.05) is 50.2 Å². The van der Waals surface area contributed by atoms with Crippen molar-refractivity contribution in [3.05, 3.63) is 88.6 Å². The predicted molar refractivity (Wildman–Crippen MR) is 176 cm³/mol. The van der Waals surface area contributed by atoms with Crippen LogP contribution in [0.2, 0.25) is 0 Å². The maximum atomic E-state index is 13.2. The number of aromatic nitrogens is 1. The summed E-state index contributed by atoms with van der Waals surface area (Å²) in [4.78, 5) is 43.8. The third-order valence-electron chi connectivity index (χ3n) is 7.81. The molecule has 2 aromatic carbocycles. The number of sulfonamides is 1. The highest BCUT2D eigenvalue weighted by Gasteiger charge is 2.36. The van der Waals surface area contributed by atoms with Gasteiger partial charge in [0, 0.05) is 32.4 Å². The Hall–Kier alpha value is -4.53. The smallest absolute Gasteiger partial charge is 0.323 e. The molecular formula is C33H42N6O7S. The van der Waals surface area contributed by atoms with E-state index in [9.17, 15) is 27.9 Å². The molecule has 0 spiro atoms. The van der Waals surface area contributed by atoms with Crippen LogP contribution in [0.3, 0.4) is 0 Å². The SMILES string of the molecule is Cc1ccc(CNC(=O)N2C[C@H](OCC(=O)NC[C@H](NS(=O)(=O)c3c(C)cc(C)cc3C)C(=O)O)C[C@H]2CNc2ccccn2)cc1. The monoisotopic (exact) mass is 666 g/mol. The van der Waals surface area contributed by atoms with Crippen molar-refractivity contribution in [2.75, 3.05) is 31.6 Å². The summed E-state index contributed by atoms with van der Waals surface area (Å²) in [6.45, 7) is 7.20. The molecule has 1 saturated heterocycles. The number of likely N-dealkylation sites (tertiary alicyclic amines) is 1. The summed E-state index contributed by atoms with van der Waals surface area (Å²) in [7, 11) is -4.19. The molecule has 252 valence electrons. The number of aliphatic carboxylic acids is 1. The molecule has 3 amide bonds. The van der Waals surface area contributed by atoms with E-state index in [2.05, 4.69) is 25.7 Å². The number of hydrogen-bond acceptors (Lipinski definition) is 8. The van der Waals surface area contributed by atoms with E-state index < -0.39 is 47.2 Å². The number of ether oxygens (including phenoxy) is 1. The molecule has 3 atom stereocenters. The molecule has 14 heteroatoms. The molecule has 1 aliphatic rings. The normalized spacial score (nSPS) is 16.8. The Morgan fingerprint density at radius 1 is 1.00 bits per heavy atom. The zero-order valence-electron chi connectivity index (χ0n) is 26.9. The van der Waals surface area contributed by atoms with Crippen molar-refractivity contribution in [2.45, 2.75) is 63.7 Å². The molecule has 5 N–H and O–H groups in total. The van der Waals surface area contributed by atoms with Gasteiger partial charge in [0.1, 0.15) is 18.5 Å². The number of urea groups is 1. The van der Waals surface area contributed by atoms with E-state index >= 15 is 0 Å². The lowest BCUT2D eigenvalue weighted by atomic mass is 10.1. The molecule has 0 unspecified atom stereocenters. The third kappa shape index (κ3) is 9.98. The highest BCUT2D eigenvalue weighted by atomic mass is 32.2.